The summed E-state index contributed by atoms with van der Waals surface area (Å²) < 4.78 is 16.1. The number of nitrogens with one attached hydrogen (secondary N) is 1. The highest BCUT2D eigenvalue weighted by Gasteiger charge is 2.22. The molecule has 3 aromatic rings. The molecule has 27 heavy (non-hydrogen) atoms. The van der Waals surface area contributed by atoms with Crippen molar-refractivity contribution in [3.8, 4) is 0 Å². The smallest absolute Gasteiger partial charge is 0.244 e. The Balaban J connectivity index is 1.81. The Labute approximate surface area is 158 Å². The molecule has 5 heteroatoms. The van der Waals surface area contributed by atoms with Crippen LogP contribution >= 0.6 is 0 Å². The first kappa shape index (κ1) is 18.6. The van der Waals surface area contributed by atoms with Crippen molar-refractivity contribution >= 4 is 12.0 Å². The zero-order chi connectivity index (χ0) is 19.2. The first-order chi connectivity index (χ1) is 13.1. The van der Waals surface area contributed by atoms with Crippen LogP contribution in [0.1, 0.15) is 35.5 Å². The molecule has 0 aliphatic carbocycles. The van der Waals surface area contributed by atoms with E-state index in [1.807, 2.05) is 31.3 Å². The molecular weight excluding hydrogens is 341 g/mol. The third-order valence-corrected chi connectivity index (χ3v) is 4.43. The van der Waals surface area contributed by atoms with E-state index in [1.54, 1.807) is 41.2 Å². The summed E-state index contributed by atoms with van der Waals surface area (Å²) in [6.07, 6.45) is 7.56. The molecule has 0 saturated carbocycles. The number of rotatable bonds is 6. The largest absolute Gasteiger partial charge is 0.338 e. The molecule has 1 unspecified atom stereocenters. The summed E-state index contributed by atoms with van der Waals surface area (Å²) in [5.41, 5.74) is 2.55. The summed E-state index contributed by atoms with van der Waals surface area (Å²) >= 11 is 0. The number of imidazole rings is 1. The van der Waals surface area contributed by atoms with Crippen LogP contribution in [0.2, 0.25) is 0 Å². The Bertz CT molecular complexity index is 944. The number of nitrogens with zero attached hydrogens (tertiary/aromatic N) is 2. The van der Waals surface area contributed by atoms with E-state index < -0.39 is 6.04 Å². The zero-order valence-corrected chi connectivity index (χ0v) is 15.4. The average molecular weight is 363 g/mol. The van der Waals surface area contributed by atoms with E-state index in [9.17, 15) is 9.18 Å². The van der Waals surface area contributed by atoms with Gasteiger partial charge in [0.1, 0.15) is 17.7 Å². The predicted molar refractivity (Wildman–Crippen MR) is 104 cm³/mol. The van der Waals surface area contributed by atoms with Gasteiger partial charge in [0.25, 0.3) is 0 Å². The summed E-state index contributed by atoms with van der Waals surface area (Å²) in [6.45, 7) is 2.10. The monoisotopic (exact) mass is 363 g/mol. The molecule has 0 aliphatic heterocycles. The average Bonchev–Trinajstić information content (AvgIpc) is 3.11. The molecule has 3 rings (SSSR count). The number of aromatic nitrogens is 2. The molecule has 0 saturated heterocycles. The molecule has 138 valence electrons. The van der Waals surface area contributed by atoms with E-state index >= 15 is 0 Å². The minimum Gasteiger partial charge on any atom is -0.338 e. The molecule has 1 atom stereocenters. The zero-order valence-electron chi connectivity index (χ0n) is 15.4. The van der Waals surface area contributed by atoms with Gasteiger partial charge in [-0.15, -0.1) is 0 Å². The number of carbonyl (C=O) groups is 1. The van der Waals surface area contributed by atoms with Crippen molar-refractivity contribution < 1.29 is 9.18 Å². The van der Waals surface area contributed by atoms with Crippen molar-refractivity contribution in [2.75, 3.05) is 0 Å². The molecule has 4 nitrogen and oxygen atoms in total. The van der Waals surface area contributed by atoms with Gasteiger partial charge >= 0.3 is 0 Å². The maximum absolute atomic E-state index is 14.3. The van der Waals surface area contributed by atoms with Crippen molar-refractivity contribution in [2.24, 2.45) is 7.05 Å². The number of hydrogen-bond acceptors (Lipinski definition) is 2. The van der Waals surface area contributed by atoms with Crippen LogP contribution in [0.4, 0.5) is 4.39 Å². The summed E-state index contributed by atoms with van der Waals surface area (Å²) in [4.78, 5) is 16.8. The lowest BCUT2D eigenvalue weighted by molar-refractivity contribution is -0.117. The van der Waals surface area contributed by atoms with E-state index in [0.29, 0.717) is 11.4 Å². The molecule has 0 spiro atoms. The number of benzene rings is 2. The van der Waals surface area contributed by atoms with Crippen LogP contribution in [0.3, 0.4) is 0 Å². The summed E-state index contributed by atoms with van der Waals surface area (Å²) in [6, 6.07) is 13.7. The maximum atomic E-state index is 14.3. The molecule has 1 amide bonds. The lowest BCUT2D eigenvalue weighted by atomic mass is 10.1. The Morgan fingerprint density at radius 3 is 2.59 bits per heavy atom. The van der Waals surface area contributed by atoms with Crippen LogP contribution in [0, 0.1) is 5.82 Å². The Morgan fingerprint density at radius 1 is 1.22 bits per heavy atom. The molecule has 0 radical (unpaired) electrons. The predicted octanol–water partition coefficient (Wildman–Crippen LogP) is 4.04. The molecule has 2 aromatic carbocycles. The summed E-state index contributed by atoms with van der Waals surface area (Å²) in [5, 5.41) is 2.86. The Kier molecular flexibility index (Phi) is 5.81. The highest BCUT2D eigenvalue weighted by atomic mass is 19.1. The van der Waals surface area contributed by atoms with E-state index in [1.165, 1.54) is 17.7 Å². The number of amides is 1. The SMILES string of the molecule is CCc1ccc(/C=C/C(=O)NC(c2ccccc2F)c2nccn2C)cc1. The maximum Gasteiger partial charge on any atom is 0.244 e. The lowest BCUT2D eigenvalue weighted by Gasteiger charge is -2.18. The summed E-state index contributed by atoms with van der Waals surface area (Å²) in [5.74, 6) is -0.134. The van der Waals surface area contributed by atoms with E-state index in [0.717, 1.165) is 12.0 Å². The highest BCUT2D eigenvalue weighted by molar-refractivity contribution is 5.92. The standard InChI is InChI=1S/C22H22FN3O/c1-3-16-8-10-17(11-9-16)12-13-20(27)25-21(22-24-14-15-26(22)2)18-6-4-5-7-19(18)23/h4-15,21H,3H2,1-2H3,(H,25,27)/b13-12+. The molecule has 0 fully saturated rings. The number of carbonyl (C=O) groups excluding carboxylic acids is 1. The second-order valence-electron chi connectivity index (χ2n) is 6.29. The van der Waals surface area contributed by atoms with Crippen LogP contribution < -0.4 is 5.32 Å². The van der Waals surface area contributed by atoms with Crippen LogP contribution in [0.25, 0.3) is 6.08 Å². The molecule has 0 bridgehead atoms. The van der Waals surface area contributed by atoms with Gasteiger partial charge in [-0.25, -0.2) is 9.37 Å². The lowest BCUT2D eigenvalue weighted by Crippen LogP contribution is -2.30. The van der Waals surface area contributed by atoms with Crippen molar-refractivity contribution in [2.45, 2.75) is 19.4 Å². The van der Waals surface area contributed by atoms with Gasteiger partial charge in [-0.3, -0.25) is 4.79 Å². The first-order valence-electron chi connectivity index (χ1n) is 8.87. The van der Waals surface area contributed by atoms with Gasteiger partial charge in [-0.2, -0.15) is 0 Å². The molecular formula is C22H22FN3O. The van der Waals surface area contributed by atoms with Crippen LogP contribution in [0.5, 0.6) is 0 Å². The molecule has 1 aromatic heterocycles. The molecule has 0 aliphatic rings. The van der Waals surface area contributed by atoms with Gasteiger partial charge in [0, 0.05) is 31.1 Å². The Hall–Kier alpha value is -3.21. The van der Waals surface area contributed by atoms with Crippen LogP contribution in [-0.4, -0.2) is 15.5 Å². The van der Waals surface area contributed by atoms with Gasteiger partial charge in [0.15, 0.2) is 0 Å². The fourth-order valence-electron chi connectivity index (χ4n) is 2.87. The van der Waals surface area contributed by atoms with E-state index in [4.69, 9.17) is 0 Å². The molecule has 1 heterocycles. The van der Waals surface area contributed by atoms with Crippen LogP contribution in [0.15, 0.2) is 67.0 Å². The number of hydrogen-bond donors (Lipinski definition) is 1. The van der Waals surface area contributed by atoms with Gasteiger partial charge in [-0.1, -0.05) is 49.4 Å². The third-order valence-electron chi connectivity index (χ3n) is 4.43. The van der Waals surface area contributed by atoms with E-state index in [2.05, 4.69) is 17.2 Å². The Morgan fingerprint density at radius 2 is 1.96 bits per heavy atom. The highest BCUT2D eigenvalue weighted by Crippen LogP contribution is 2.23. The normalized spacial score (nSPS) is 12.3. The quantitative estimate of drug-likeness (QED) is 0.672. The van der Waals surface area contributed by atoms with Crippen molar-refractivity contribution in [3.05, 3.63) is 95.3 Å². The second kappa shape index (κ2) is 8.45. The van der Waals surface area contributed by atoms with Gasteiger partial charge in [-0.05, 0) is 29.7 Å². The van der Waals surface area contributed by atoms with Crippen molar-refractivity contribution in [3.63, 3.8) is 0 Å². The third kappa shape index (κ3) is 4.50. The minimum absolute atomic E-state index is 0.314. The second-order valence-corrected chi connectivity index (χ2v) is 6.29. The van der Waals surface area contributed by atoms with Gasteiger partial charge in [0.2, 0.25) is 5.91 Å². The first-order valence-corrected chi connectivity index (χ1v) is 8.87. The fourth-order valence-corrected chi connectivity index (χ4v) is 2.87. The number of aryl methyl sites for hydroxylation is 2. The summed E-state index contributed by atoms with van der Waals surface area (Å²) in [7, 11) is 1.81. The number of halogens is 1. The topological polar surface area (TPSA) is 46.9 Å². The minimum atomic E-state index is -0.675. The van der Waals surface area contributed by atoms with Crippen molar-refractivity contribution in [1.29, 1.82) is 0 Å². The molecule has 1 N–H and O–H groups in total. The van der Waals surface area contributed by atoms with E-state index in [-0.39, 0.29) is 11.7 Å². The van der Waals surface area contributed by atoms with Crippen LogP contribution in [-0.2, 0) is 18.3 Å². The van der Waals surface area contributed by atoms with Crippen molar-refractivity contribution in [1.82, 2.24) is 14.9 Å². The van der Waals surface area contributed by atoms with Gasteiger partial charge < -0.3 is 9.88 Å². The fraction of sp³-hybridized carbons (Fsp3) is 0.182. The van der Waals surface area contributed by atoms with Gasteiger partial charge in [0.05, 0.1) is 0 Å².